The number of carbonyl (C=O) groups excluding carboxylic acids is 8. The highest BCUT2D eigenvalue weighted by atomic mass is 16.5. The second kappa shape index (κ2) is 38.7. The molecular weight excluding hydrogens is 1200 g/mol. The van der Waals surface area contributed by atoms with E-state index < -0.39 is 96.8 Å². The highest BCUT2D eigenvalue weighted by Gasteiger charge is 2.43. The predicted octanol–water partition coefficient (Wildman–Crippen LogP) is -4.36. The number of aliphatic carboxylic acids is 3. The average Bonchev–Trinajstić information content (AvgIpc) is 0.861. The van der Waals surface area contributed by atoms with E-state index in [1.807, 2.05) is 42.5 Å². The number of guanidine groups is 1. The lowest BCUT2D eigenvalue weighted by Gasteiger charge is -2.42. The molecule has 0 aliphatic carbocycles. The van der Waals surface area contributed by atoms with Crippen LogP contribution in [0.3, 0.4) is 0 Å². The first-order valence-electron chi connectivity index (χ1n) is 30.2. The van der Waals surface area contributed by atoms with Crippen molar-refractivity contribution in [3.8, 4) is 5.75 Å². The molecule has 0 aromatic heterocycles. The van der Waals surface area contributed by atoms with Gasteiger partial charge in [-0.15, -0.1) is 0 Å². The molecule has 32 heteroatoms. The summed E-state index contributed by atoms with van der Waals surface area (Å²) in [4.78, 5) is 152. The van der Waals surface area contributed by atoms with Crippen LogP contribution >= 0.6 is 0 Å². The van der Waals surface area contributed by atoms with E-state index >= 15 is 0 Å². The van der Waals surface area contributed by atoms with Crippen LogP contribution in [0.5, 0.6) is 5.75 Å². The zero-order chi connectivity index (χ0) is 67.0. The summed E-state index contributed by atoms with van der Waals surface area (Å²) in [6.45, 7) is -0.201. The number of hydrogen-bond donors (Lipinski definition) is 14. The molecule has 3 aromatic carbocycles. The fourth-order valence-electron chi connectivity index (χ4n) is 10.3. The summed E-state index contributed by atoms with van der Waals surface area (Å²) >= 11 is 0. The van der Waals surface area contributed by atoms with E-state index in [2.05, 4.69) is 42.5 Å². The number of hydrogen-bond acceptors (Lipinski definition) is 20. The summed E-state index contributed by atoms with van der Waals surface area (Å²) in [5.74, 6) is -8.21. The van der Waals surface area contributed by atoms with E-state index in [0.717, 1.165) is 10.8 Å². The third-order valence-corrected chi connectivity index (χ3v) is 15.3. The van der Waals surface area contributed by atoms with Gasteiger partial charge in [0.25, 0.3) is 0 Å². The quantitative estimate of drug-likeness (QED) is 0.0125. The van der Waals surface area contributed by atoms with Gasteiger partial charge in [0.05, 0.1) is 65.1 Å². The van der Waals surface area contributed by atoms with Gasteiger partial charge in [0.2, 0.25) is 41.4 Å². The van der Waals surface area contributed by atoms with Crippen molar-refractivity contribution in [2.75, 3.05) is 145 Å². The maximum atomic E-state index is 14.8. The second-order valence-corrected chi connectivity index (χ2v) is 22.3. The van der Waals surface area contributed by atoms with Gasteiger partial charge in [-0.3, -0.25) is 82.6 Å². The van der Waals surface area contributed by atoms with Crippen molar-refractivity contribution in [2.45, 2.75) is 62.3 Å². The standard InChI is InChI=1S/C60H87N15O17/c1-71-48(9-5-16-63-49(78)33-66-52(81)39-92-29-28-91-27-18-64-51(80)35-72-19-21-73(36-53(82)83)23-25-75(38-55(86)87)26-24-74(22-20-72)37-54(84)85)58(90)68-46(8-4-17-65-59(61)62)57(89)69-47(31-42-10-13-43-6-2-3-7-44(43)30-42)56(88)67-34-50(79)70-60(71,40-76)32-41-11-14-45(77)15-12-41/h2-3,6-7,10-15,30,40,46-48,77H,4-5,8-9,16-29,31-39H2,1H3,(H,63,78)(H,64,80)(H,66,81)(H,67,88)(H,68,90)(H,69,89)(H,70,79)(H,82,83)(H,84,85)(H,86,87)(H4,61,62,65)/t46-,47-,48+,60+/m0/s1. The number of rotatable bonds is 31. The average molecular weight is 1290 g/mol. The maximum absolute atomic E-state index is 14.8. The number of ether oxygens (including phenoxy) is 2. The highest BCUT2D eigenvalue weighted by molar-refractivity contribution is 5.95. The fraction of sp³-hybridized carbons (Fsp3) is 0.533. The minimum absolute atomic E-state index is 0.00386. The molecule has 92 heavy (non-hydrogen) atoms. The Balaban J connectivity index is 1.13. The summed E-state index contributed by atoms with van der Waals surface area (Å²) in [5.41, 5.74) is 4.67. The first-order chi connectivity index (χ1) is 44.0. The number of phenolic OH excluding ortho intramolecular Hbond substituents is 1. The van der Waals surface area contributed by atoms with E-state index in [0.29, 0.717) is 17.4 Å². The van der Waals surface area contributed by atoms with Crippen LogP contribution in [0.2, 0.25) is 0 Å². The first kappa shape index (κ1) is 73.8. The van der Waals surface area contributed by atoms with Crippen molar-refractivity contribution in [3.63, 3.8) is 0 Å². The molecule has 0 bridgehead atoms. The Labute approximate surface area is 532 Å². The molecule has 0 spiro atoms. The molecule has 32 nitrogen and oxygen atoms in total. The number of fused-ring (bicyclic) bond motifs is 1. The molecule has 4 atom stereocenters. The van der Waals surface area contributed by atoms with Crippen molar-refractivity contribution in [2.24, 2.45) is 5.73 Å². The SMILES string of the molecule is CN1[C@H](CCCNC(=O)CNC(=O)COCCOCCNC(=O)CN2CCN(CC(=O)O)CCN(CC(=O)O)CCN(CC(=O)O)CC2)C(=O)N[C@@H](CCCNC(=N)N)C(=O)N[C@@H](Cc2ccc3ccccc3c2)C(=O)NCC(=O)N[C@]1(C=O)Cc1ccc(O)cc1. The molecule has 15 N–H and O–H groups in total. The number of amides is 7. The number of carboxylic acid groups (broad SMARTS) is 3. The monoisotopic (exact) mass is 1290 g/mol. The van der Waals surface area contributed by atoms with E-state index in [-0.39, 0.29) is 174 Å². The molecule has 0 saturated carbocycles. The zero-order valence-corrected chi connectivity index (χ0v) is 51.7. The largest absolute Gasteiger partial charge is 0.508 e. The first-order valence-corrected chi connectivity index (χ1v) is 30.2. The van der Waals surface area contributed by atoms with Crippen LogP contribution in [0, 0.1) is 5.41 Å². The number of carbonyl (C=O) groups is 11. The summed E-state index contributed by atoms with van der Waals surface area (Å²) in [5, 5.41) is 69.3. The number of carboxylic acids is 3. The fourth-order valence-corrected chi connectivity index (χ4v) is 10.3. The van der Waals surface area contributed by atoms with Crippen molar-refractivity contribution in [1.29, 1.82) is 5.41 Å². The molecular formula is C60H87N15O17. The molecule has 2 saturated heterocycles. The molecule has 3 aromatic rings. The number of aromatic hydroxyl groups is 1. The smallest absolute Gasteiger partial charge is 0.317 e. The Hall–Kier alpha value is -8.92. The zero-order valence-electron chi connectivity index (χ0n) is 51.7. The Morgan fingerprint density at radius 2 is 1.17 bits per heavy atom. The number of nitrogens with two attached hydrogens (primary N) is 1. The number of nitrogens with zero attached hydrogens (tertiary/aromatic N) is 5. The lowest BCUT2D eigenvalue weighted by molar-refractivity contribution is -0.141. The van der Waals surface area contributed by atoms with Crippen LogP contribution < -0.4 is 48.3 Å². The van der Waals surface area contributed by atoms with Gasteiger partial charge < -0.3 is 78.2 Å². The minimum atomic E-state index is -1.98. The Kier molecular flexibility index (Phi) is 31.0. The van der Waals surface area contributed by atoms with Crippen molar-refractivity contribution < 1.29 is 82.6 Å². The molecule has 0 unspecified atom stereocenters. The topological polar surface area (TPSA) is 449 Å². The van der Waals surface area contributed by atoms with Crippen LogP contribution in [0.1, 0.15) is 36.8 Å². The molecule has 2 heterocycles. The summed E-state index contributed by atoms with van der Waals surface area (Å²) in [6.07, 6.45) is 0.427. The van der Waals surface area contributed by atoms with Gasteiger partial charge in [0.15, 0.2) is 17.9 Å². The Bertz CT molecular complexity index is 2970. The minimum Gasteiger partial charge on any atom is -0.508 e. The number of nitrogens with one attached hydrogen (secondary N) is 9. The van der Waals surface area contributed by atoms with Crippen LogP contribution in [-0.4, -0.2) is 285 Å². The van der Waals surface area contributed by atoms with E-state index in [1.54, 1.807) is 19.6 Å². The molecule has 2 fully saturated rings. The van der Waals surface area contributed by atoms with Gasteiger partial charge in [-0.1, -0.05) is 54.6 Å². The van der Waals surface area contributed by atoms with Gasteiger partial charge in [0, 0.05) is 84.8 Å². The van der Waals surface area contributed by atoms with Gasteiger partial charge in [-0.05, 0) is 66.8 Å². The molecule has 5 rings (SSSR count). The van der Waals surface area contributed by atoms with Crippen LogP contribution in [0.25, 0.3) is 10.8 Å². The summed E-state index contributed by atoms with van der Waals surface area (Å²) < 4.78 is 10.9. The normalized spacial score (nSPS) is 19.9. The van der Waals surface area contributed by atoms with Crippen LogP contribution in [0.15, 0.2) is 66.7 Å². The molecule has 0 radical (unpaired) electrons. The third kappa shape index (κ3) is 26.9. The second-order valence-electron chi connectivity index (χ2n) is 22.3. The number of phenols is 1. The van der Waals surface area contributed by atoms with E-state index in [9.17, 15) is 73.2 Å². The number of benzene rings is 3. The van der Waals surface area contributed by atoms with Gasteiger partial charge in [-0.25, -0.2) is 0 Å². The van der Waals surface area contributed by atoms with Crippen molar-refractivity contribution >= 4 is 82.3 Å². The van der Waals surface area contributed by atoms with Crippen molar-refractivity contribution in [3.05, 3.63) is 77.9 Å². The van der Waals surface area contributed by atoms with Gasteiger partial charge in [-0.2, -0.15) is 0 Å². The Morgan fingerprint density at radius 3 is 1.77 bits per heavy atom. The lowest BCUT2D eigenvalue weighted by Crippen LogP contribution is -2.68. The van der Waals surface area contributed by atoms with Crippen LogP contribution in [0.4, 0.5) is 0 Å². The van der Waals surface area contributed by atoms with Gasteiger partial charge >= 0.3 is 17.9 Å². The van der Waals surface area contributed by atoms with Crippen molar-refractivity contribution in [1.82, 2.24) is 67.0 Å². The predicted molar refractivity (Wildman–Crippen MR) is 333 cm³/mol. The molecule has 504 valence electrons. The molecule has 2 aliphatic heterocycles. The summed E-state index contributed by atoms with van der Waals surface area (Å²) in [7, 11) is 1.43. The number of likely N-dealkylation sites (N-methyl/N-ethyl adjacent to an activating group) is 1. The van der Waals surface area contributed by atoms with Gasteiger partial charge in [0.1, 0.15) is 24.4 Å². The molecule has 2 aliphatic rings. The summed E-state index contributed by atoms with van der Waals surface area (Å²) in [6, 6.07) is 15.1. The molecule has 7 amide bonds. The highest BCUT2D eigenvalue weighted by Crippen LogP contribution is 2.24. The maximum Gasteiger partial charge on any atom is 0.317 e. The van der Waals surface area contributed by atoms with Crippen LogP contribution in [-0.2, 0) is 75.1 Å². The lowest BCUT2D eigenvalue weighted by atomic mass is 9.95. The number of aldehydes is 1. The van der Waals surface area contributed by atoms with E-state index in [1.165, 1.54) is 36.2 Å². The van der Waals surface area contributed by atoms with E-state index in [4.69, 9.17) is 20.6 Å². The third-order valence-electron chi connectivity index (χ3n) is 15.3. The Morgan fingerprint density at radius 1 is 0.630 bits per heavy atom.